The van der Waals surface area contributed by atoms with Crippen LogP contribution >= 0.6 is 0 Å². The van der Waals surface area contributed by atoms with Gasteiger partial charge in [-0.2, -0.15) is 0 Å². The minimum absolute atomic E-state index is 0.0313. The Morgan fingerprint density at radius 2 is 2.12 bits per heavy atom. The number of ketones is 1. The highest BCUT2D eigenvalue weighted by atomic mass is 16.5. The van der Waals surface area contributed by atoms with Crippen LogP contribution in [0.25, 0.3) is 0 Å². The van der Waals surface area contributed by atoms with Crippen molar-refractivity contribution in [1.82, 2.24) is 0 Å². The lowest BCUT2D eigenvalue weighted by atomic mass is 10.1. The van der Waals surface area contributed by atoms with Crippen molar-refractivity contribution >= 4 is 11.8 Å². The zero-order valence-electron chi connectivity index (χ0n) is 8.89. The van der Waals surface area contributed by atoms with Gasteiger partial charge in [0.25, 0.3) is 0 Å². The lowest BCUT2D eigenvalue weighted by Gasteiger charge is -2.04. The summed E-state index contributed by atoms with van der Waals surface area (Å²) in [5.41, 5.74) is 0. The maximum absolute atomic E-state index is 11.8. The Morgan fingerprint density at radius 3 is 2.75 bits per heavy atom. The Balaban J connectivity index is 2.11. The highest BCUT2D eigenvalue weighted by Crippen LogP contribution is 2.19. The average Bonchev–Trinajstić information content (AvgIpc) is 2.97. The van der Waals surface area contributed by atoms with Crippen LogP contribution in [-0.4, -0.2) is 31.6 Å². The number of esters is 1. The Kier molecular flexibility index (Phi) is 3.05. The first-order chi connectivity index (χ1) is 7.72. The van der Waals surface area contributed by atoms with Crippen molar-refractivity contribution in [1.29, 1.82) is 0 Å². The number of ether oxygens (including phenoxy) is 2. The highest BCUT2D eigenvalue weighted by Gasteiger charge is 2.27. The van der Waals surface area contributed by atoms with Crippen molar-refractivity contribution < 1.29 is 23.5 Å². The Morgan fingerprint density at radius 1 is 1.38 bits per heavy atom. The molecule has 0 aliphatic carbocycles. The molecule has 5 heteroatoms. The molecule has 1 unspecified atom stereocenters. The maximum atomic E-state index is 11.8. The highest BCUT2D eigenvalue weighted by molar-refractivity contribution is 5.98. The van der Waals surface area contributed by atoms with Crippen LogP contribution in [0.2, 0.25) is 0 Å². The van der Waals surface area contributed by atoms with Crippen molar-refractivity contribution in [2.75, 3.05) is 13.7 Å². The SMILES string of the molecule is COC(=O)c1ccc(C(=O)C2CCCO2)o1. The smallest absolute Gasteiger partial charge is 0.373 e. The number of rotatable bonds is 3. The molecule has 0 N–H and O–H groups in total. The first-order valence-corrected chi connectivity index (χ1v) is 5.06. The molecule has 1 saturated heterocycles. The first kappa shape index (κ1) is 10.9. The summed E-state index contributed by atoms with van der Waals surface area (Å²) in [6.07, 6.45) is 1.14. The molecule has 1 aliphatic heterocycles. The van der Waals surface area contributed by atoms with Crippen LogP contribution in [0.5, 0.6) is 0 Å². The molecule has 1 aromatic heterocycles. The lowest BCUT2D eigenvalue weighted by molar-refractivity contribution is 0.0549. The third-order valence-electron chi connectivity index (χ3n) is 2.46. The van der Waals surface area contributed by atoms with Gasteiger partial charge in [0.15, 0.2) is 5.76 Å². The quantitative estimate of drug-likeness (QED) is 0.574. The molecule has 86 valence electrons. The molecule has 0 bridgehead atoms. The van der Waals surface area contributed by atoms with Crippen molar-refractivity contribution in [2.24, 2.45) is 0 Å². The molecule has 2 heterocycles. The Bertz CT molecular complexity index is 400. The van der Waals surface area contributed by atoms with Gasteiger partial charge in [0.05, 0.1) is 7.11 Å². The fraction of sp³-hybridized carbons (Fsp3) is 0.455. The van der Waals surface area contributed by atoms with Crippen molar-refractivity contribution in [3.8, 4) is 0 Å². The fourth-order valence-electron chi connectivity index (χ4n) is 1.62. The van der Waals surface area contributed by atoms with Crippen LogP contribution < -0.4 is 0 Å². The molecule has 1 aliphatic rings. The number of hydrogen-bond acceptors (Lipinski definition) is 5. The minimum atomic E-state index is -0.591. The first-order valence-electron chi connectivity index (χ1n) is 5.06. The van der Waals surface area contributed by atoms with E-state index in [0.717, 1.165) is 6.42 Å². The summed E-state index contributed by atoms with van der Waals surface area (Å²) in [6, 6.07) is 2.89. The third kappa shape index (κ3) is 1.99. The lowest BCUT2D eigenvalue weighted by Crippen LogP contribution is -2.18. The van der Waals surface area contributed by atoms with E-state index in [0.29, 0.717) is 13.0 Å². The Hall–Kier alpha value is -1.62. The number of methoxy groups -OCH3 is 1. The average molecular weight is 224 g/mol. The number of hydrogen-bond donors (Lipinski definition) is 0. The fourth-order valence-corrected chi connectivity index (χ4v) is 1.62. The van der Waals surface area contributed by atoms with Crippen molar-refractivity contribution in [3.05, 3.63) is 23.7 Å². The number of carbonyl (C=O) groups excluding carboxylic acids is 2. The maximum Gasteiger partial charge on any atom is 0.373 e. The van der Waals surface area contributed by atoms with E-state index in [-0.39, 0.29) is 17.3 Å². The van der Waals surface area contributed by atoms with E-state index in [9.17, 15) is 9.59 Å². The largest absolute Gasteiger partial charge is 0.463 e. The van der Waals surface area contributed by atoms with Gasteiger partial charge in [-0.15, -0.1) is 0 Å². The molecule has 1 aromatic rings. The van der Waals surface area contributed by atoms with Crippen LogP contribution in [0.15, 0.2) is 16.5 Å². The molecule has 0 spiro atoms. The van der Waals surface area contributed by atoms with Gasteiger partial charge in [0.1, 0.15) is 6.10 Å². The van der Waals surface area contributed by atoms with Gasteiger partial charge in [-0.25, -0.2) is 4.79 Å². The van der Waals surface area contributed by atoms with Crippen molar-refractivity contribution in [2.45, 2.75) is 18.9 Å². The molecule has 0 amide bonds. The molecule has 0 radical (unpaired) electrons. The topological polar surface area (TPSA) is 65.7 Å². The second kappa shape index (κ2) is 4.49. The van der Waals surface area contributed by atoms with E-state index < -0.39 is 12.1 Å². The van der Waals surface area contributed by atoms with Gasteiger partial charge in [-0.3, -0.25) is 4.79 Å². The second-order valence-corrected chi connectivity index (χ2v) is 3.52. The van der Waals surface area contributed by atoms with E-state index in [1.165, 1.54) is 19.2 Å². The molecule has 1 atom stereocenters. The van der Waals surface area contributed by atoms with Gasteiger partial charge in [0.2, 0.25) is 11.5 Å². The summed E-state index contributed by atoms with van der Waals surface area (Å²) in [7, 11) is 1.26. The molecular weight excluding hydrogens is 212 g/mol. The van der Waals surface area contributed by atoms with Crippen LogP contribution in [0.1, 0.15) is 34.0 Å². The van der Waals surface area contributed by atoms with Crippen molar-refractivity contribution in [3.63, 3.8) is 0 Å². The van der Waals surface area contributed by atoms with Crippen LogP contribution in [0, 0.1) is 0 Å². The zero-order chi connectivity index (χ0) is 11.5. The monoisotopic (exact) mass is 224 g/mol. The normalized spacial score (nSPS) is 19.7. The van der Waals surface area contributed by atoms with E-state index in [4.69, 9.17) is 9.15 Å². The number of Topliss-reactive ketones (excluding diaryl/α,β-unsaturated/α-hetero) is 1. The summed E-state index contributed by atoms with van der Waals surface area (Å²) >= 11 is 0. The van der Waals surface area contributed by atoms with Gasteiger partial charge >= 0.3 is 5.97 Å². The molecule has 0 saturated carbocycles. The second-order valence-electron chi connectivity index (χ2n) is 3.52. The van der Waals surface area contributed by atoms with E-state index in [1.807, 2.05) is 0 Å². The van der Waals surface area contributed by atoms with Crippen LogP contribution in [0.4, 0.5) is 0 Å². The summed E-state index contributed by atoms with van der Waals surface area (Å²) < 4.78 is 14.8. The molecule has 5 nitrogen and oxygen atoms in total. The predicted molar refractivity (Wildman–Crippen MR) is 53.4 cm³/mol. The summed E-state index contributed by atoms with van der Waals surface area (Å²) in [5, 5.41) is 0. The van der Waals surface area contributed by atoms with E-state index in [1.54, 1.807) is 0 Å². The Labute approximate surface area is 92.3 Å². The third-order valence-corrected chi connectivity index (χ3v) is 2.46. The zero-order valence-corrected chi connectivity index (χ0v) is 8.89. The minimum Gasteiger partial charge on any atom is -0.463 e. The molecule has 16 heavy (non-hydrogen) atoms. The molecule has 0 aromatic carbocycles. The number of furan rings is 1. The molecule has 2 rings (SSSR count). The molecular formula is C11H12O5. The van der Waals surface area contributed by atoms with Crippen LogP contribution in [-0.2, 0) is 9.47 Å². The molecule has 1 fully saturated rings. The number of carbonyl (C=O) groups is 2. The van der Waals surface area contributed by atoms with Gasteiger partial charge < -0.3 is 13.9 Å². The van der Waals surface area contributed by atoms with Gasteiger partial charge in [-0.1, -0.05) is 0 Å². The standard InChI is InChI=1S/C11H12O5/c1-14-11(13)9-5-4-8(16-9)10(12)7-3-2-6-15-7/h4-5,7H,2-3,6H2,1H3. The van der Waals surface area contributed by atoms with E-state index >= 15 is 0 Å². The van der Waals surface area contributed by atoms with Gasteiger partial charge in [-0.05, 0) is 25.0 Å². The van der Waals surface area contributed by atoms with Gasteiger partial charge in [0, 0.05) is 6.61 Å². The predicted octanol–water partition coefficient (Wildman–Crippen LogP) is 1.43. The van der Waals surface area contributed by atoms with E-state index in [2.05, 4.69) is 4.74 Å². The van der Waals surface area contributed by atoms with Crippen LogP contribution in [0.3, 0.4) is 0 Å². The summed E-state index contributed by atoms with van der Waals surface area (Å²) in [5.74, 6) is -0.629. The summed E-state index contributed by atoms with van der Waals surface area (Å²) in [6.45, 7) is 0.598. The summed E-state index contributed by atoms with van der Waals surface area (Å²) in [4.78, 5) is 22.9.